The maximum Gasteiger partial charge on any atom is 0.273 e. The molecule has 1 atom stereocenters. The number of carbonyl (C=O) groups excluding carboxylic acids is 1. The fraction of sp³-hybridized carbons (Fsp3) is 0.357. The number of nitrogens with two attached hydrogens (primary N) is 1. The molecule has 3 N–H and O–H groups in total. The Morgan fingerprint density at radius 3 is 3.04 bits per heavy atom. The number of amides is 1. The summed E-state index contributed by atoms with van der Waals surface area (Å²) < 4.78 is 3.37. The molecule has 0 aliphatic heterocycles. The first-order valence-corrected chi connectivity index (χ1v) is 7.42. The highest BCUT2D eigenvalue weighted by molar-refractivity contribution is 5.92. The number of nitrogens with one attached hydrogen (secondary N) is 1. The lowest BCUT2D eigenvalue weighted by Crippen LogP contribution is -2.28. The van der Waals surface area contributed by atoms with E-state index in [0.717, 1.165) is 5.69 Å². The average Bonchev–Trinajstić information content (AvgIpc) is 3.19. The molecule has 0 aliphatic rings. The van der Waals surface area contributed by atoms with Gasteiger partial charge in [0.25, 0.3) is 5.91 Å². The van der Waals surface area contributed by atoms with Crippen molar-refractivity contribution in [1.82, 2.24) is 34.7 Å². The maximum absolute atomic E-state index is 12.3. The van der Waals surface area contributed by atoms with Gasteiger partial charge < -0.3 is 11.1 Å². The van der Waals surface area contributed by atoms with Crippen LogP contribution in [-0.2, 0) is 6.54 Å². The van der Waals surface area contributed by atoms with E-state index in [1.54, 1.807) is 17.1 Å². The number of carbonyl (C=O) groups is 1. The van der Waals surface area contributed by atoms with Crippen molar-refractivity contribution in [2.75, 3.05) is 6.54 Å². The van der Waals surface area contributed by atoms with Crippen LogP contribution in [0.25, 0.3) is 5.78 Å². The van der Waals surface area contributed by atoms with Crippen molar-refractivity contribution in [3.05, 3.63) is 42.2 Å². The molecule has 9 nitrogen and oxygen atoms in total. The fourth-order valence-electron chi connectivity index (χ4n) is 2.28. The van der Waals surface area contributed by atoms with E-state index in [1.807, 2.05) is 29.8 Å². The van der Waals surface area contributed by atoms with Crippen molar-refractivity contribution in [3.8, 4) is 0 Å². The molecule has 0 radical (unpaired) electrons. The smallest absolute Gasteiger partial charge is 0.273 e. The number of hydrogen-bond acceptors (Lipinski definition) is 6. The van der Waals surface area contributed by atoms with Gasteiger partial charge in [0.2, 0.25) is 5.78 Å². The predicted octanol–water partition coefficient (Wildman–Crippen LogP) is 0.161. The van der Waals surface area contributed by atoms with E-state index >= 15 is 0 Å². The Bertz CT molecular complexity index is 775. The summed E-state index contributed by atoms with van der Waals surface area (Å²) in [5.74, 6) is 0.314. The summed E-state index contributed by atoms with van der Waals surface area (Å²) in [6, 6.07) is 1.61. The van der Waals surface area contributed by atoms with E-state index in [4.69, 9.17) is 5.73 Å². The molecule has 0 saturated heterocycles. The fourth-order valence-corrected chi connectivity index (χ4v) is 2.28. The summed E-state index contributed by atoms with van der Waals surface area (Å²) in [5, 5.41) is 10.7. The second-order valence-electron chi connectivity index (χ2n) is 5.08. The number of imidazole rings is 1. The van der Waals surface area contributed by atoms with E-state index in [1.165, 1.54) is 0 Å². The summed E-state index contributed by atoms with van der Waals surface area (Å²) in [5.41, 5.74) is 6.48. The van der Waals surface area contributed by atoms with Gasteiger partial charge in [-0.1, -0.05) is 12.1 Å². The zero-order valence-corrected chi connectivity index (χ0v) is 12.8. The second kappa shape index (κ2) is 6.53. The molecule has 1 amide bonds. The summed E-state index contributed by atoms with van der Waals surface area (Å²) >= 11 is 0. The summed E-state index contributed by atoms with van der Waals surface area (Å²) in [7, 11) is 0. The van der Waals surface area contributed by atoms with Crippen molar-refractivity contribution >= 4 is 11.7 Å². The second-order valence-corrected chi connectivity index (χ2v) is 5.08. The zero-order chi connectivity index (χ0) is 16.2. The first kappa shape index (κ1) is 15.1. The predicted molar refractivity (Wildman–Crippen MR) is 82.6 cm³/mol. The maximum atomic E-state index is 12.3. The van der Waals surface area contributed by atoms with Crippen molar-refractivity contribution in [3.63, 3.8) is 0 Å². The molecule has 0 bridgehead atoms. The molecule has 0 saturated carbocycles. The molecule has 0 fully saturated rings. The minimum Gasteiger partial charge on any atom is -0.342 e. The molecule has 3 aromatic heterocycles. The Morgan fingerprint density at radius 1 is 1.43 bits per heavy atom. The van der Waals surface area contributed by atoms with Crippen LogP contribution in [-0.4, -0.2) is 41.8 Å². The Hall–Kier alpha value is -2.81. The van der Waals surface area contributed by atoms with Crippen LogP contribution in [0.4, 0.5) is 0 Å². The van der Waals surface area contributed by atoms with Crippen LogP contribution in [0.5, 0.6) is 0 Å². The normalized spacial score (nSPS) is 12.4. The Labute approximate surface area is 132 Å². The van der Waals surface area contributed by atoms with Gasteiger partial charge in [-0.3, -0.25) is 13.9 Å². The monoisotopic (exact) mass is 314 g/mol. The lowest BCUT2D eigenvalue weighted by molar-refractivity contribution is 0.0929. The molecule has 3 aromatic rings. The number of aromatic nitrogens is 6. The van der Waals surface area contributed by atoms with E-state index < -0.39 is 0 Å². The van der Waals surface area contributed by atoms with Gasteiger partial charge in [0.1, 0.15) is 0 Å². The molecular weight excluding hydrogens is 296 g/mol. The zero-order valence-electron chi connectivity index (χ0n) is 12.8. The molecule has 0 unspecified atom stereocenters. The van der Waals surface area contributed by atoms with E-state index in [9.17, 15) is 4.79 Å². The summed E-state index contributed by atoms with van der Waals surface area (Å²) in [6.07, 6.45) is 7.70. The third-order valence-electron chi connectivity index (χ3n) is 3.45. The molecule has 0 spiro atoms. The molecule has 120 valence electrons. The highest BCUT2D eigenvalue weighted by Crippen LogP contribution is 2.16. The SMILES string of the molecule is CC[C@H](NC(=O)c1cn(CCN)nn1)c1cn2cccnc2n1. The van der Waals surface area contributed by atoms with Crippen molar-refractivity contribution in [2.45, 2.75) is 25.9 Å². The van der Waals surface area contributed by atoms with E-state index in [-0.39, 0.29) is 17.6 Å². The Morgan fingerprint density at radius 2 is 2.30 bits per heavy atom. The molecule has 3 heterocycles. The quantitative estimate of drug-likeness (QED) is 0.669. The lowest BCUT2D eigenvalue weighted by atomic mass is 10.1. The summed E-state index contributed by atoms with van der Waals surface area (Å²) in [4.78, 5) is 20.9. The Balaban J connectivity index is 1.76. The molecular formula is C14H18N8O. The van der Waals surface area contributed by atoms with Crippen LogP contribution in [0, 0.1) is 0 Å². The molecule has 3 rings (SSSR count). The first-order valence-electron chi connectivity index (χ1n) is 7.42. The highest BCUT2D eigenvalue weighted by atomic mass is 16.2. The van der Waals surface area contributed by atoms with Crippen LogP contribution in [0.3, 0.4) is 0 Å². The standard InChI is InChI=1S/C14H18N8O/c1-2-10(11-8-21-6-3-5-16-14(21)18-11)17-13(23)12-9-22(7-4-15)20-19-12/h3,5-6,8-10H,2,4,7,15H2,1H3,(H,17,23)/t10-/m0/s1. The number of hydrogen-bond donors (Lipinski definition) is 2. The molecule has 0 aromatic carbocycles. The van der Waals surface area contributed by atoms with Crippen LogP contribution < -0.4 is 11.1 Å². The van der Waals surface area contributed by atoms with Gasteiger partial charge in [0, 0.05) is 25.1 Å². The van der Waals surface area contributed by atoms with Gasteiger partial charge >= 0.3 is 0 Å². The van der Waals surface area contributed by atoms with Crippen molar-refractivity contribution in [1.29, 1.82) is 0 Å². The van der Waals surface area contributed by atoms with Crippen LogP contribution >= 0.6 is 0 Å². The van der Waals surface area contributed by atoms with Crippen LogP contribution in [0.1, 0.15) is 35.6 Å². The van der Waals surface area contributed by atoms with Gasteiger partial charge in [-0.2, -0.15) is 0 Å². The summed E-state index contributed by atoms with van der Waals surface area (Å²) in [6.45, 7) is 2.94. The van der Waals surface area contributed by atoms with Gasteiger partial charge in [-0.25, -0.2) is 9.97 Å². The van der Waals surface area contributed by atoms with E-state index in [2.05, 4.69) is 25.6 Å². The van der Waals surface area contributed by atoms with Gasteiger partial charge in [-0.05, 0) is 12.5 Å². The Kier molecular flexibility index (Phi) is 4.29. The first-order chi connectivity index (χ1) is 11.2. The third-order valence-corrected chi connectivity index (χ3v) is 3.45. The van der Waals surface area contributed by atoms with Crippen molar-refractivity contribution < 1.29 is 4.79 Å². The number of nitrogens with zero attached hydrogens (tertiary/aromatic N) is 6. The minimum atomic E-state index is -0.287. The van der Waals surface area contributed by atoms with Crippen molar-refractivity contribution in [2.24, 2.45) is 5.73 Å². The lowest BCUT2D eigenvalue weighted by Gasteiger charge is -2.13. The minimum absolute atomic E-state index is 0.219. The van der Waals surface area contributed by atoms with Gasteiger partial charge in [0.05, 0.1) is 24.5 Å². The topological polar surface area (TPSA) is 116 Å². The third kappa shape index (κ3) is 3.19. The van der Waals surface area contributed by atoms with Crippen LogP contribution in [0.15, 0.2) is 30.9 Å². The largest absolute Gasteiger partial charge is 0.342 e. The van der Waals surface area contributed by atoms with Crippen LogP contribution in [0.2, 0.25) is 0 Å². The van der Waals surface area contributed by atoms with Gasteiger partial charge in [0.15, 0.2) is 5.69 Å². The number of fused-ring (bicyclic) bond motifs is 1. The molecule has 23 heavy (non-hydrogen) atoms. The molecule has 9 heteroatoms. The highest BCUT2D eigenvalue weighted by Gasteiger charge is 2.19. The molecule has 0 aliphatic carbocycles. The van der Waals surface area contributed by atoms with Gasteiger partial charge in [-0.15, -0.1) is 5.10 Å². The number of rotatable bonds is 6. The van der Waals surface area contributed by atoms with E-state index in [0.29, 0.717) is 25.3 Å². The average molecular weight is 314 g/mol.